The number of carbonyl (C=O) groups is 1. The van der Waals surface area contributed by atoms with Crippen LogP contribution in [0.25, 0.3) is 0 Å². The van der Waals surface area contributed by atoms with E-state index in [0.717, 1.165) is 25.1 Å². The number of ether oxygens (including phenoxy) is 2. The lowest BCUT2D eigenvalue weighted by Crippen LogP contribution is -2.43. The number of rotatable bonds is 10. The highest BCUT2D eigenvalue weighted by molar-refractivity contribution is 5.85. The lowest BCUT2D eigenvalue weighted by atomic mass is 10.1. The molecule has 27 heavy (non-hydrogen) atoms. The average molecular weight is 424 g/mol. The van der Waals surface area contributed by atoms with E-state index in [-0.39, 0.29) is 42.9 Å². The molecule has 2 N–H and O–H groups in total. The molecule has 8 heteroatoms. The molecule has 0 spiro atoms. The molecule has 158 valence electrons. The molecule has 1 aromatic rings. The normalized spacial score (nSPS) is 10.6. The monoisotopic (exact) mass is 423 g/mol. The maximum Gasteiger partial charge on any atom is 0.258 e. The number of hydrogen-bond acceptors (Lipinski definition) is 5. The minimum absolute atomic E-state index is 0. The minimum Gasteiger partial charge on any atom is -0.493 e. The van der Waals surface area contributed by atoms with Crippen molar-refractivity contribution >= 4 is 30.7 Å². The van der Waals surface area contributed by atoms with Crippen LogP contribution in [0.4, 0.5) is 0 Å². The van der Waals surface area contributed by atoms with Crippen LogP contribution in [-0.2, 0) is 11.3 Å². The summed E-state index contributed by atoms with van der Waals surface area (Å²) < 4.78 is 11.2. The van der Waals surface area contributed by atoms with Crippen LogP contribution in [0, 0.1) is 0 Å². The molecule has 0 heterocycles. The van der Waals surface area contributed by atoms with E-state index in [0.29, 0.717) is 18.0 Å². The molecule has 1 rings (SSSR count). The fourth-order valence-electron chi connectivity index (χ4n) is 2.36. The SMILES string of the molecule is COc1cccc(CNCCCN(C)C)c1OCC(=O)NC(C)(C)C.Cl.Cl. The Morgan fingerprint density at radius 2 is 1.85 bits per heavy atom. The Hall–Kier alpha value is -1.21. The van der Waals surface area contributed by atoms with Gasteiger partial charge in [-0.3, -0.25) is 4.79 Å². The third-order valence-corrected chi connectivity index (χ3v) is 3.42. The van der Waals surface area contributed by atoms with Crippen molar-refractivity contribution in [2.45, 2.75) is 39.3 Å². The molecule has 1 amide bonds. The number of carbonyl (C=O) groups excluding carboxylic acids is 1. The van der Waals surface area contributed by atoms with E-state index in [1.807, 2.05) is 39.0 Å². The van der Waals surface area contributed by atoms with E-state index in [1.54, 1.807) is 7.11 Å². The summed E-state index contributed by atoms with van der Waals surface area (Å²) in [4.78, 5) is 14.2. The number of halogens is 2. The topological polar surface area (TPSA) is 62.8 Å². The van der Waals surface area contributed by atoms with Gasteiger partial charge in [-0.25, -0.2) is 0 Å². The third-order valence-electron chi connectivity index (χ3n) is 3.42. The Morgan fingerprint density at radius 1 is 1.19 bits per heavy atom. The van der Waals surface area contributed by atoms with Crippen molar-refractivity contribution in [1.82, 2.24) is 15.5 Å². The van der Waals surface area contributed by atoms with Gasteiger partial charge in [0.05, 0.1) is 7.11 Å². The van der Waals surface area contributed by atoms with Crippen molar-refractivity contribution in [2.75, 3.05) is 40.9 Å². The summed E-state index contributed by atoms with van der Waals surface area (Å²) >= 11 is 0. The molecule has 0 bridgehead atoms. The second-order valence-electron chi connectivity index (χ2n) is 7.37. The zero-order valence-electron chi connectivity index (χ0n) is 17.3. The molecule has 0 fully saturated rings. The first-order chi connectivity index (χ1) is 11.7. The van der Waals surface area contributed by atoms with Gasteiger partial charge in [0.15, 0.2) is 18.1 Å². The van der Waals surface area contributed by atoms with Crippen LogP contribution in [0.1, 0.15) is 32.8 Å². The zero-order chi connectivity index (χ0) is 18.9. The van der Waals surface area contributed by atoms with Crippen LogP contribution >= 0.6 is 24.8 Å². The molecule has 0 aliphatic carbocycles. The van der Waals surface area contributed by atoms with Gasteiger partial charge in [0, 0.05) is 17.6 Å². The van der Waals surface area contributed by atoms with Crippen molar-refractivity contribution in [3.05, 3.63) is 23.8 Å². The Labute approximate surface area is 176 Å². The van der Waals surface area contributed by atoms with Crippen molar-refractivity contribution in [2.24, 2.45) is 0 Å². The minimum atomic E-state index is -0.280. The number of hydrogen-bond donors (Lipinski definition) is 2. The highest BCUT2D eigenvalue weighted by atomic mass is 35.5. The van der Waals surface area contributed by atoms with Crippen LogP contribution in [-0.4, -0.2) is 57.2 Å². The summed E-state index contributed by atoms with van der Waals surface area (Å²) in [7, 11) is 5.74. The van der Waals surface area contributed by atoms with Gasteiger partial charge in [-0.2, -0.15) is 0 Å². The maximum absolute atomic E-state index is 12.0. The summed E-state index contributed by atoms with van der Waals surface area (Å²) in [6.07, 6.45) is 1.07. The van der Waals surface area contributed by atoms with Crippen molar-refractivity contribution in [3.63, 3.8) is 0 Å². The summed E-state index contributed by atoms with van der Waals surface area (Å²) in [6, 6.07) is 5.75. The van der Waals surface area contributed by atoms with Crippen LogP contribution in [0.15, 0.2) is 18.2 Å². The van der Waals surface area contributed by atoms with Crippen LogP contribution < -0.4 is 20.1 Å². The molecule has 0 saturated carbocycles. The maximum atomic E-state index is 12.0. The molecule has 0 atom stereocenters. The Bertz CT molecular complexity index is 549. The summed E-state index contributed by atoms with van der Waals surface area (Å²) in [5.41, 5.74) is 0.700. The van der Waals surface area contributed by atoms with Gasteiger partial charge < -0.3 is 25.0 Å². The van der Waals surface area contributed by atoms with Gasteiger partial charge >= 0.3 is 0 Å². The van der Waals surface area contributed by atoms with Crippen molar-refractivity contribution in [3.8, 4) is 11.5 Å². The number of para-hydroxylation sites is 1. The molecule has 0 aliphatic heterocycles. The summed E-state index contributed by atoms with van der Waals surface area (Å²) in [6.45, 7) is 8.41. The predicted octanol–water partition coefficient (Wildman–Crippen LogP) is 2.87. The molecule has 0 saturated heterocycles. The Kier molecular flexibility index (Phi) is 14.4. The van der Waals surface area contributed by atoms with Crippen molar-refractivity contribution < 1.29 is 14.3 Å². The first-order valence-electron chi connectivity index (χ1n) is 8.68. The number of nitrogens with one attached hydrogen (secondary N) is 2. The molecule has 0 aliphatic rings. The van der Waals surface area contributed by atoms with E-state index in [2.05, 4.69) is 29.6 Å². The molecule has 1 aromatic carbocycles. The average Bonchev–Trinajstić information content (AvgIpc) is 2.50. The number of amides is 1. The standard InChI is InChI=1S/C19H33N3O3.2ClH/c1-19(2,3)21-17(23)14-25-18-15(9-7-10-16(18)24-6)13-20-11-8-12-22(4)5;;/h7,9-10,20H,8,11-14H2,1-6H3,(H,21,23);2*1H. The quantitative estimate of drug-likeness (QED) is 0.566. The first kappa shape index (κ1) is 28.0. The predicted molar refractivity (Wildman–Crippen MR) is 116 cm³/mol. The molecule has 0 radical (unpaired) electrons. The van der Waals surface area contributed by atoms with E-state index in [4.69, 9.17) is 9.47 Å². The fourth-order valence-corrected chi connectivity index (χ4v) is 2.36. The van der Waals surface area contributed by atoms with Gasteiger partial charge in [0.25, 0.3) is 5.91 Å². The van der Waals surface area contributed by atoms with E-state index in [1.165, 1.54) is 0 Å². The van der Waals surface area contributed by atoms with Gasteiger partial charge in [-0.1, -0.05) is 12.1 Å². The number of nitrogens with zero attached hydrogens (tertiary/aromatic N) is 1. The first-order valence-corrected chi connectivity index (χ1v) is 8.68. The fraction of sp³-hybridized carbons (Fsp3) is 0.632. The molecule has 0 aromatic heterocycles. The smallest absolute Gasteiger partial charge is 0.258 e. The van der Waals surface area contributed by atoms with Crippen molar-refractivity contribution in [1.29, 1.82) is 0 Å². The zero-order valence-corrected chi connectivity index (χ0v) is 18.9. The van der Waals surface area contributed by atoms with Crippen LogP contribution in [0.3, 0.4) is 0 Å². The number of methoxy groups -OCH3 is 1. The van der Waals surface area contributed by atoms with Crippen LogP contribution in [0.2, 0.25) is 0 Å². The lowest BCUT2D eigenvalue weighted by Gasteiger charge is -2.21. The second kappa shape index (κ2) is 13.9. The third kappa shape index (κ3) is 12.0. The van der Waals surface area contributed by atoms with E-state index in [9.17, 15) is 4.79 Å². The second-order valence-corrected chi connectivity index (χ2v) is 7.37. The highest BCUT2D eigenvalue weighted by Gasteiger charge is 2.16. The molecular formula is C19H35Cl2N3O3. The summed E-state index contributed by atoms with van der Waals surface area (Å²) in [5, 5.41) is 6.30. The number of benzene rings is 1. The Balaban J connectivity index is 0. The van der Waals surface area contributed by atoms with Crippen LogP contribution in [0.5, 0.6) is 11.5 Å². The lowest BCUT2D eigenvalue weighted by molar-refractivity contribution is -0.124. The Morgan fingerprint density at radius 3 is 2.41 bits per heavy atom. The van der Waals surface area contributed by atoms with E-state index < -0.39 is 0 Å². The molecular weight excluding hydrogens is 389 g/mol. The molecule has 6 nitrogen and oxygen atoms in total. The molecule has 0 unspecified atom stereocenters. The van der Waals surface area contributed by atoms with Gasteiger partial charge in [-0.05, 0) is 60.4 Å². The van der Waals surface area contributed by atoms with Gasteiger partial charge in [0.1, 0.15) is 0 Å². The van der Waals surface area contributed by atoms with Gasteiger partial charge in [-0.15, -0.1) is 24.8 Å². The van der Waals surface area contributed by atoms with E-state index >= 15 is 0 Å². The summed E-state index contributed by atoms with van der Waals surface area (Å²) in [5.74, 6) is 1.11. The highest BCUT2D eigenvalue weighted by Crippen LogP contribution is 2.31. The van der Waals surface area contributed by atoms with Gasteiger partial charge in [0.2, 0.25) is 0 Å². The largest absolute Gasteiger partial charge is 0.493 e.